The molecule has 1 atom stereocenters. The molecule has 0 heterocycles. The Hall–Kier alpha value is -1.32. The maximum atomic E-state index is 10.0. The van der Waals surface area contributed by atoms with Crippen molar-refractivity contribution in [1.29, 1.82) is 0 Å². The molecule has 2 N–H and O–H groups in total. The summed E-state index contributed by atoms with van der Waals surface area (Å²) in [6.07, 6.45) is 0.280. The number of rotatable bonds is 5. The molecule has 0 aliphatic heterocycles. The maximum absolute atomic E-state index is 10.0. The standard InChI is InChI=1S/C15H16BrNO/c16-13-7-4-8-14(11-13)17-10-9-15(18)12-5-2-1-3-6-12/h1-8,11,15,17-18H,9-10H2. The van der Waals surface area contributed by atoms with Gasteiger partial charge in [-0.3, -0.25) is 0 Å². The van der Waals surface area contributed by atoms with E-state index in [1.807, 2.05) is 54.6 Å². The molecule has 94 valence electrons. The topological polar surface area (TPSA) is 32.3 Å². The predicted octanol–water partition coefficient (Wildman–Crippen LogP) is 3.98. The first-order valence-corrected chi connectivity index (χ1v) is 6.77. The smallest absolute Gasteiger partial charge is 0.0806 e. The molecule has 0 spiro atoms. The van der Waals surface area contributed by atoms with E-state index in [4.69, 9.17) is 0 Å². The van der Waals surface area contributed by atoms with Crippen LogP contribution in [-0.2, 0) is 0 Å². The van der Waals surface area contributed by atoms with Gasteiger partial charge >= 0.3 is 0 Å². The number of hydrogen-bond acceptors (Lipinski definition) is 2. The fourth-order valence-electron chi connectivity index (χ4n) is 1.79. The summed E-state index contributed by atoms with van der Waals surface area (Å²) >= 11 is 3.43. The van der Waals surface area contributed by atoms with E-state index >= 15 is 0 Å². The highest BCUT2D eigenvalue weighted by Gasteiger charge is 2.05. The molecule has 0 bridgehead atoms. The van der Waals surface area contributed by atoms with Crippen molar-refractivity contribution in [3.63, 3.8) is 0 Å². The van der Waals surface area contributed by atoms with Crippen LogP contribution in [0, 0.1) is 0 Å². The second-order valence-corrected chi connectivity index (χ2v) is 5.07. The molecule has 0 saturated carbocycles. The zero-order valence-electron chi connectivity index (χ0n) is 10.0. The van der Waals surface area contributed by atoms with Crippen LogP contribution in [0.3, 0.4) is 0 Å². The molecule has 2 nitrogen and oxygen atoms in total. The van der Waals surface area contributed by atoms with Crippen LogP contribution in [-0.4, -0.2) is 11.7 Å². The molecule has 0 amide bonds. The lowest BCUT2D eigenvalue weighted by Gasteiger charge is -2.12. The largest absolute Gasteiger partial charge is 0.388 e. The van der Waals surface area contributed by atoms with Gasteiger partial charge in [0.15, 0.2) is 0 Å². The summed E-state index contributed by atoms with van der Waals surface area (Å²) in [5.74, 6) is 0. The summed E-state index contributed by atoms with van der Waals surface area (Å²) in [5.41, 5.74) is 2.03. The second-order valence-electron chi connectivity index (χ2n) is 4.15. The molecular formula is C15H16BrNO. The monoisotopic (exact) mass is 305 g/mol. The van der Waals surface area contributed by atoms with Gasteiger partial charge in [0.2, 0.25) is 0 Å². The van der Waals surface area contributed by atoms with Gasteiger partial charge in [0.1, 0.15) is 0 Å². The van der Waals surface area contributed by atoms with Crippen molar-refractivity contribution in [3.8, 4) is 0 Å². The van der Waals surface area contributed by atoms with Crippen LogP contribution in [0.1, 0.15) is 18.1 Å². The highest BCUT2D eigenvalue weighted by Crippen LogP contribution is 2.18. The Kier molecular flexibility index (Phi) is 4.79. The molecule has 3 heteroatoms. The number of halogens is 1. The van der Waals surface area contributed by atoms with E-state index in [1.165, 1.54) is 0 Å². The number of hydrogen-bond donors (Lipinski definition) is 2. The van der Waals surface area contributed by atoms with Gasteiger partial charge in [0, 0.05) is 16.7 Å². The Bertz CT molecular complexity index is 487. The molecule has 2 aromatic rings. The third kappa shape index (κ3) is 3.86. The number of benzene rings is 2. The van der Waals surface area contributed by atoms with Crippen LogP contribution in [0.15, 0.2) is 59.1 Å². The minimum atomic E-state index is -0.411. The van der Waals surface area contributed by atoms with Crippen LogP contribution >= 0.6 is 15.9 Å². The quantitative estimate of drug-likeness (QED) is 0.875. The molecule has 0 saturated heterocycles. The Morgan fingerprint density at radius 1 is 1.06 bits per heavy atom. The molecule has 0 aliphatic carbocycles. The van der Waals surface area contributed by atoms with Gasteiger partial charge in [0.05, 0.1) is 6.10 Å². The zero-order chi connectivity index (χ0) is 12.8. The highest BCUT2D eigenvalue weighted by atomic mass is 79.9. The van der Waals surface area contributed by atoms with Crippen molar-refractivity contribution in [2.75, 3.05) is 11.9 Å². The maximum Gasteiger partial charge on any atom is 0.0806 e. The summed E-state index contributed by atoms with van der Waals surface area (Å²) in [5, 5.41) is 13.3. The van der Waals surface area contributed by atoms with Crippen molar-refractivity contribution >= 4 is 21.6 Å². The van der Waals surface area contributed by atoms with Crippen LogP contribution in [0.4, 0.5) is 5.69 Å². The molecule has 18 heavy (non-hydrogen) atoms. The van der Waals surface area contributed by atoms with Crippen LogP contribution in [0.2, 0.25) is 0 Å². The lowest BCUT2D eigenvalue weighted by molar-refractivity contribution is 0.171. The minimum absolute atomic E-state index is 0.411. The van der Waals surface area contributed by atoms with Gasteiger partial charge in [-0.15, -0.1) is 0 Å². The number of anilines is 1. The van der Waals surface area contributed by atoms with Gasteiger partial charge in [-0.25, -0.2) is 0 Å². The Labute approximate surface area is 116 Å². The first kappa shape index (κ1) is 13.1. The summed E-state index contributed by atoms with van der Waals surface area (Å²) < 4.78 is 1.05. The number of aliphatic hydroxyl groups excluding tert-OH is 1. The van der Waals surface area contributed by atoms with Gasteiger partial charge in [-0.05, 0) is 30.2 Å². The van der Waals surface area contributed by atoms with E-state index < -0.39 is 6.10 Å². The van der Waals surface area contributed by atoms with Gasteiger partial charge < -0.3 is 10.4 Å². The first-order valence-electron chi connectivity index (χ1n) is 5.98. The van der Waals surface area contributed by atoms with Crippen LogP contribution in [0.25, 0.3) is 0 Å². The van der Waals surface area contributed by atoms with E-state index in [0.717, 1.165) is 22.3 Å². The van der Waals surface area contributed by atoms with Gasteiger partial charge in [-0.2, -0.15) is 0 Å². The van der Waals surface area contributed by atoms with E-state index in [0.29, 0.717) is 6.42 Å². The zero-order valence-corrected chi connectivity index (χ0v) is 11.6. The lowest BCUT2D eigenvalue weighted by atomic mass is 10.1. The SMILES string of the molecule is OC(CCNc1cccc(Br)c1)c1ccccc1. The van der Waals surface area contributed by atoms with Crippen molar-refractivity contribution in [2.45, 2.75) is 12.5 Å². The van der Waals surface area contributed by atoms with E-state index in [9.17, 15) is 5.11 Å². The molecule has 1 unspecified atom stereocenters. The predicted molar refractivity (Wildman–Crippen MR) is 78.7 cm³/mol. The van der Waals surface area contributed by atoms with Crippen molar-refractivity contribution < 1.29 is 5.11 Å². The fourth-order valence-corrected chi connectivity index (χ4v) is 2.19. The lowest BCUT2D eigenvalue weighted by Crippen LogP contribution is -2.07. The Morgan fingerprint density at radius 2 is 1.83 bits per heavy atom. The average Bonchev–Trinajstić information content (AvgIpc) is 2.40. The summed E-state index contributed by atoms with van der Waals surface area (Å²) in [6, 6.07) is 17.8. The highest BCUT2D eigenvalue weighted by molar-refractivity contribution is 9.10. The normalized spacial score (nSPS) is 12.1. The van der Waals surface area contributed by atoms with Crippen LogP contribution in [0.5, 0.6) is 0 Å². The Balaban J connectivity index is 1.82. The molecule has 0 aliphatic rings. The third-order valence-electron chi connectivity index (χ3n) is 2.76. The Morgan fingerprint density at radius 3 is 2.56 bits per heavy atom. The van der Waals surface area contributed by atoms with Crippen LogP contribution < -0.4 is 5.32 Å². The molecule has 0 aromatic heterocycles. The second kappa shape index (κ2) is 6.57. The van der Waals surface area contributed by atoms with Gasteiger partial charge in [-0.1, -0.05) is 52.3 Å². The summed E-state index contributed by atoms with van der Waals surface area (Å²) in [7, 11) is 0. The van der Waals surface area contributed by atoms with Gasteiger partial charge in [0.25, 0.3) is 0 Å². The summed E-state index contributed by atoms with van der Waals surface area (Å²) in [6.45, 7) is 0.743. The van der Waals surface area contributed by atoms with Crippen molar-refractivity contribution in [1.82, 2.24) is 0 Å². The molecule has 2 aromatic carbocycles. The van der Waals surface area contributed by atoms with E-state index in [-0.39, 0.29) is 0 Å². The first-order chi connectivity index (χ1) is 8.75. The fraction of sp³-hybridized carbons (Fsp3) is 0.200. The van der Waals surface area contributed by atoms with E-state index in [2.05, 4.69) is 21.2 Å². The summed E-state index contributed by atoms with van der Waals surface area (Å²) in [4.78, 5) is 0. The molecule has 0 radical (unpaired) electrons. The van der Waals surface area contributed by atoms with Crippen molar-refractivity contribution in [2.24, 2.45) is 0 Å². The van der Waals surface area contributed by atoms with Crippen molar-refractivity contribution in [3.05, 3.63) is 64.6 Å². The number of nitrogens with one attached hydrogen (secondary N) is 1. The molecule has 2 rings (SSSR count). The molecule has 0 fully saturated rings. The van der Waals surface area contributed by atoms with E-state index in [1.54, 1.807) is 0 Å². The minimum Gasteiger partial charge on any atom is -0.388 e. The average molecular weight is 306 g/mol. The number of aliphatic hydroxyl groups is 1. The third-order valence-corrected chi connectivity index (χ3v) is 3.25. The molecular weight excluding hydrogens is 290 g/mol.